The summed E-state index contributed by atoms with van der Waals surface area (Å²) in [4.78, 5) is 24.6. The third-order valence-corrected chi connectivity index (χ3v) is 5.58. The minimum atomic E-state index is -0.334. The predicted octanol–water partition coefficient (Wildman–Crippen LogP) is 2.51. The number of rotatable bonds is 4. The van der Waals surface area contributed by atoms with Gasteiger partial charge in [0.1, 0.15) is 4.88 Å². The highest BCUT2D eigenvalue weighted by Gasteiger charge is 2.20. The van der Waals surface area contributed by atoms with E-state index in [2.05, 4.69) is 26.1 Å². The molecule has 1 N–H and O–H groups in total. The lowest BCUT2D eigenvalue weighted by molar-refractivity contribution is 0.0606. The fourth-order valence-electron chi connectivity index (χ4n) is 1.62. The Morgan fingerprint density at radius 2 is 2.42 bits per heavy atom. The quantitative estimate of drug-likeness (QED) is 0.831. The van der Waals surface area contributed by atoms with Crippen molar-refractivity contribution >= 4 is 50.2 Å². The van der Waals surface area contributed by atoms with Gasteiger partial charge in [-0.25, -0.2) is 10.2 Å². The second-order valence-electron chi connectivity index (χ2n) is 3.80. The first-order valence-electron chi connectivity index (χ1n) is 5.66. The number of amides is 1. The Kier molecular flexibility index (Phi) is 5.26. The van der Waals surface area contributed by atoms with Crippen LogP contribution in [0.15, 0.2) is 10.5 Å². The Bertz CT molecular complexity index is 492. The molecule has 1 aromatic heterocycles. The standard InChI is InChI=1S/C11H13BrN2O3S2/c1-17-10(15)9-6-7(12)8(19-9)2-4-14-11(16)18-5-3-13-14/h6,13H,2-5H2,1H3. The lowest BCUT2D eigenvalue weighted by Crippen LogP contribution is -2.46. The van der Waals surface area contributed by atoms with Gasteiger partial charge in [0.05, 0.1) is 7.11 Å². The molecule has 2 rings (SSSR count). The summed E-state index contributed by atoms with van der Waals surface area (Å²) < 4.78 is 5.57. The van der Waals surface area contributed by atoms with E-state index in [1.807, 2.05) is 0 Å². The molecule has 5 nitrogen and oxygen atoms in total. The van der Waals surface area contributed by atoms with Crippen molar-refractivity contribution in [1.82, 2.24) is 10.4 Å². The highest BCUT2D eigenvalue weighted by atomic mass is 79.9. The Morgan fingerprint density at radius 1 is 1.63 bits per heavy atom. The van der Waals surface area contributed by atoms with E-state index in [-0.39, 0.29) is 11.2 Å². The van der Waals surface area contributed by atoms with Gasteiger partial charge in [-0.15, -0.1) is 11.3 Å². The summed E-state index contributed by atoms with van der Waals surface area (Å²) in [5.41, 5.74) is 3.06. The van der Waals surface area contributed by atoms with Crippen LogP contribution in [0.4, 0.5) is 4.79 Å². The maximum absolute atomic E-state index is 11.6. The van der Waals surface area contributed by atoms with Crippen LogP contribution in [0.1, 0.15) is 14.5 Å². The van der Waals surface area contributed by atoms with Crippen LogP contribution in [0.2, 0.25) is 0 Å². The zero-order valence-electron chi connectivity index (χ0n) is 10.3. The summed E-state index contributed by atoms with van der Waals surface area (Å²) in [5.74, 6) is 0.476. The molecule has 19 heavy (non-hydrogen) atoms. The van der Waals surface area contributed by atoms with Crippen LogP contribution in [0.25, 0.3) is 0 Å². The SMILES string of the molecule is COC(=O)c1cc(Br)c(CCN2NCCSC2=O)s1. The third kappa shape index (κ3) is 3.71. The number of ether oxygens (including phenoxy) is 1. The second-order valence-corrected chi connectivity index (χ2v) is 6.83. The maximum Gasteiger partial charge on any atom is 0.348 e. The van der Waals surface area contributed by atoms with E-state index in [9.17, 15) is 9.59 Å². The monoisotopic (exact) mass is 364 g/mol. The molecule has 1 aliphatic rings. The fraction of sp³-hybridized carbons (Fsp3) is 0.455. The van der Waals surface area contributed by atoms with Crippen LogP contribution >= 0.6 is 39.0 Å². The molecule has 0 unspecified atom stereocenters. The zero-order valence-corrected chi connectivity index (χ0v) is 13.5. The number of methoxy groups -OCH3 is 1. The normalized spacial score (nSPS) is 15.7. The summed E-state index contributed by atoms with van der Waals surface area (Å²) >= 11 is 6.14. The number of halogens is 1. The van der Waals surface area contributed by atoms with Crippen LogP contribution in [0.5, 0.6) is 0 Å². The number of thioether (sulfide) groups is 1. The maximum atomic E-state index is 11.6. The number of hydrogen-bond acceptors (Lipinski definition) is 6. The molecule has 0 saturated carbocycles. The Labute approximate surface area is 127 Å². The summed E-state index contributed by atoms with van der Waals surface area (Å²) in [7, 11) is 1.36. The lowest BCUT2D eigenvalue weighted by atomic mass is 10.3. The van der Waals surface area contributed by atoms with Crippen molar-refractivity contribution < 1.29 is 14.3 Å². The van der Waals surface area contributed by atoms with Gasteiger partial charge in [0.15, 0.2) is 0 Å². The summed E-state index contributed by atoms with van der Waals surface area (Å²) in [6, 6.07) is 1.76. The molecule has 0 radical (unpaired) electrons. The number of hydrazine groups is 1. The van der Waals surface area contributed by atoms with Gasteiger partial charge in [0, 0.05) is 34.6 Å². The smallest absolute Gasteiger partial charge is 0.348 e. The van der Waals surface area contributed by atoms with E-state index in [1.54, 1.807) is 11.1 Å². The molecule has 1 aliphatic heterocycles. The van der Waals surface area contributed by atoms with Gasteiger partial charge in [-0.05, 0) is 22.0 Å². The molecule has 0 atom stereocenters. The molecule has 0 aromatic carbocycles. The topological polar surface area (TPSA) is 58.6 Å². The van der Waals surface area contributed by atoms with Crippen molar-refractivity contribution in [3.63, 3.8) is 0 Å². The first-order valence-corrected chi connectivity index (χ1v) is 8.25. The lowest BCUT2D eigenvalue weighted by Gasteiger charge is -2.26. The minimum absolute atomic E-state index is 0.0483. The second kappa shape index (κ2) is 6.74. The van der Waals surface area contributed by atoms with Crippen molar-refractivity contribution in [1.29, 1.82) is 0 Å². The number of hydrogen-bond donors (Lipinski definition) is 1. The van der Waals surface area contributed by atoms with Crippen molar-refractivity contribution in [2.75, 3.05) is 26.0 Å². The van der Waals surface area contributed by atoms with Crippen molar-refractivity contribution in [3.8, 4) is 0 Å². The molecule has 8 heteroatoms. The van der Waals surface area contributed by atoms with E-state index in [0.717, 1.165) is 21.6 Å². The van der Waals surface area contributed by atoms with Crippen molar-refractivity contribution in [2.45, 2.75) is 6.42 Å². The van der Waals surface area contributed by atoms with Crippen LogP contribution in [-0.2, 0) is 11.2 Å². The van der Waals surface area contributed by atoms with Crippen LogP contribution in [-0.4, -0.2) is 42.2 Å². The Hall–Kier alpha value is -0.570. The van der Waals surface area contributed by atoms with E-state index < -0.39 is 0 Å². The number of nitrogens with zero attached hydrogens (tertiary/aromatic N) is 1. The number of carbonyl (C=O) groups excluding carboxylic acids is 2. The first-order chi connectivity index (χ1) is 9.11. The van der Waals surface area contributed by atoms with E-state index >= 15 is 0 Å². The molecule has 1 fully saturated rings. The van der Waals surface area contributed by atoms with Crippen LogP contribution in [0, 0.1) is 0 Å². The molecule has 0 spiro atoms. The van der Waals surface area contributed by atoms with Gasteiger partial charge in [-0.3, -0.25) is 9.80 Å². The van der Waals surface area contributed by atoms with Gasteiger partial charge in [-0.2, -0.15) is 0 Å². The van der Waals surface area contributed by atoms with Gasteiger partial charge < -0.3 is 4.74 Å². The highest BCUT2D eigenvalue weighted by Crippen LogP contribution is 2.28. The predicted molar refractivity (Wildman–Crippen MR) is 79.6 cm³/mol. The molecule has 0 aliphatic carbocycles. The van der Waals surface area contributed by atoms with Gasteiger partial charge in [0.2, 0.25) is 0 Å². The van der Waals surface area contributed by atoms with Crippen LogP contribution < -0.4 is 5.43 Å². The van der Waals surface area contributed by atoms with E-state index in [4.69, 9.17) is 0 Å². The number of carbonyl (C=O) groups is 2. The van der Waals surface area contributed by atoms with E-state index in [0.29, 0.717) is 17.8 Å². The number of esters is 1. The third-order valence-electron chi connectivity index (χ3n) is 2.56. The van der Waals surface area contributed by atoms with E-state index in [1.165, 1.54) is 30.2 Å². The van der Waals surface area contributed by atoms with Crippen LogP contribution in [0.3, 0.4) is 0 Å². The summed E-state index contributed by atoms with van der Waals surface area (Å²) in [6.45, 7) is 1.39. The summed E-state index contributed by atoms with van der Waals surface area (Å²) in [6.07, 6.45) is 0.696. The molecule has 2 heterocycles. The average Bonchev–Trinajstić information content (AvgIpc) is 2.78. The highest BCUT2D eigenvalue weighted by molar-refractivity contribution is 9.10. The summed E-state index contributed by atoms with van der Waals surface area (Å²) in [5, 5.41) is 1.67. The molecular formula is C11H13BrN2O3S2. The molecule has 1 saturated heterocycles. The van der Waals surface area contributed by atoms with Gasteiger partial charge in [-0.1, -0.05) is 11.8 Å². The van der Waals surface area contributed by atoms with Gasteiger partial charge in [0.25, 0.3) is 5.24 Å². The van der Waals surface area contributed by atoms with Gasteiger partial charge >= 0.3 is 5.97 Å². The molecule has 0 bridgehead atoms. The molecule has 1 amide bonds. The fourth-order valence-corrected chi connectivity index (χ4v) is 4.08. The van der Waals surface area contributed by atoms with Crippen molar-refractivity contribution in [3.05, 3.63) is 20.3 Å². The molecule has 1 aromatic rings. The van der Waals surface area contributed by atoms with Crippen molar-refractivity contribution in [2.24, 2.45) is 0 Å². The largest absolute Gasteiger partial charge is 0.465 e. The minimum Gasteiger partial charge on any atom is -0.465 e. The number of nitrogens with one attached hydrogen (secondary N) is 1. The zero-order chi connectivity index (χ0) is 13.8. The first kappa shape index (κ1) is 14.8. The molecule has 104 valence electrons. The Balaban J connectivity index is 1.97. The average molecular weight is 365 g/mol. The molecular weight excluding hydrogens is 352 g/mol. The number of thiophene rings is 1. The Morgan fingerprint density at radius 3 is 3.11 bits per heavy atom.